The van der Waals surface area contributed by atoms with Crippen molar-refractivity contribution in [1.82, 2.24) is 19.7 Å². The maximum Gasteiger partial charge on any atom is 0.130 e. The van der Waals surface area contributed by atoms with Gasteiger partial charge in [0.1, 0.15) is 11.6 Å². The van der Waals surface area contributed by atoms with Gasteiger partial charge in [-0.15, -0.1) is 0 Å². The first kappa shape index (κ1) is 15.2. The molecule has 1 unspecified atom stereocenters. The normalized spacial score (nSPS) is 12.1. The molecule has 0 saturated heterocycles. The number of anilines is 1. The average Bonchev–Trinajstić information content (AvgIpc) is 3.09. The summed E-state index contributed by atoms with van der Waals surface area (Å²) in [4.78, 5) is 8.88. The highest BCUT2D eigenvalue weighted by Crippen LogP contribution is 2.20. The van der Waals surface area contributed by atoms with Gasteiger partial charge in [0, 0.05) is 30.2 Å². The Kier molecular flexibility index (Phi) is 4.37. The minimum absolute atomic E-state index is 0.167. The van der Waals surface area contributed by atoms with Crippen LogP contribution in [0.5, 0.6) is 0 Å². The molecule has 1 atom stereocenters. The lowest BCUT2D eigenvalue weighted by atomic mass is 10.1. The van der Waals surface area contributed by atoms with Gasteiger partial charge in [0.05, 0.1) is 5.69 Å². The van der Waals surface area contributed by atoms with Gasteiger partial charge < -0.3 is 5.32 Å². The molecule has 5 nitrogen and oxygen atoms in total. The molecule has 0 aliphatic carbocycles. The standard InChI is InChI=1S/C18H21N5/c1-4-16-12-18(22-14(3)21-16)20-13(2)15-6-8-17(9-7-15)23-11-5-10-19-23/h5-13H,4H2,1-3H3,(H,20,21,22). The smallest absolute Gasteiger partial charge is 0.130 e. The Labute approximate surface area is 136 Å². The number of aromatic nitrogens is 4. The molecule has 0 bridgehead atoms. The monoisotopic (exact) mass is 307 g/mol. The molecule has 3 aromatic rings. The summed E-state index contributed by atoms with van der Waals surface area (Å²) >= 11 is 0. The van der Waals surface area contributed by atoms with Gasteiger partial charge in [-0.3, -0.25) is 0 Å². The number of hydrogen-bond donors (Lipinski definition) is 1. The van der Waals surface area contributed by atoms with Crippen molar-refractivity contribution in [3.05, 3.63) is 65.9 Å². The molecule has 5 heteroatoms. The lowest BCUT2D eigenvalue weighted by Crippen LogP contribution is -2.10. The Morgan fingerprint density at radius 3 is 2.61 bits per heavy atom. The van der Waals surface area contributed by atoms with Crippen LogP contribution in [-0.4, -0.2) is 19.7 Å². The van der Waals surface area contributed by atoms with E-state index in [0.717, 1.165) is 29.4 Å². The van der Waals surface area contributed by atoms with E-state index >= 15 is 0 Å². The van der Waals surface area contributed by atoms with Crippen molar-refractivity contribution < 1.29 is 0 Å². The summed E-state index contributed by atoms with van der Waals surface area (Å²) in [6.45, 7) is 6.16. The minimum atomic E-state index is 0.167. The first-order valence-corrected chi connectivity index (χ1v) is 7.87. The molecule has 0 amide bonds. The van der Waals surface area contributed by atoms with Crippen molar-refractivity contribution >= 4 is 5.82 Å². The van der Waals surface area contributed by atoms with Crippen LogP contribution >= 0.6 is 0 Å². The largest absolute Gasteiger partial charge is 0.363 e. The highest BCUT2D eigenvalue weighted by molar-refractivity contribution is 5.41. The van der Waals surface area contributed by atoms with Crippen LogP contribution in [0, 0.1) is 6.92 Å². The predicted molar refractivity (Wildman–Crippen MR) is 91.7 cm³/mol. The van der Waals surface area contributed by atoms with Crippen LogP contribution in [0.15, 0.2) is 48.8 Å². The molecular weight excluding hydrogens is 286 g/mol. The number of benzene rings is 1. The summed E-state index contributed by atoms with van der Waals surface area (Å²) in [5, 5.41) is 7.70. The lowest BCUT2D eigenvalue weighted by molar-refractivity contribution is 0.850. The lowest BCUT2D eigenvalue weighted by Gasteiger charge is -2.16. The molecule has 0 spiro atoms. The molecule has 1 aromatic carbocycles. The highest BCUT2D eigenvalue weighted by atomic mass is 15.3. The minimum Gasteiger partial charge on any atom is -0.363 e. The summed E-state index contributed by atoms with van der Waals surface area (Å²) in [5.74, 6) is 1.67. The van der Waals surface area contributed by atoms with Gasteiger partial charge in [0.2, 0.25) is 0 Å². The zero-order valence-corrected chi connectivity index (χ0v) is 13.7. The molecule has 0 aliphatic heterocycles. The van der Waals surface area contributed by atoms with E-state index in [2.05, 4.69) is 58.5 Å². The third kappa shape index (κ3) is 3.56. The van der Waals surface area contributed by atoms with Gasteiger partial charge >= 0.3 is 0 Å². The fourth-order valence-corrected chi connectivity index (χ4v) is 2.53. The fourth-order valence-electron chi connectivity index (χ4n) is 2.53. The predicted octanol–water partition coefficient (Wildman–Crippen LogP) is 3.71. The Morgan fingerprint density at radius 1 is 1.17 bits per heavy atom. The van der Waals surface area contributed by atoms with E-state index in [9.17, 15) is 0 Å². The quantitative estimate of drug-likeness (QED) is 0.781. The maximum atomic E-state index is 4.47. The topological polar surface area (TPSA) is 55.6 Å². The van der Waals surface area contributed by atoms with Crippen LogP contribution in [0.4, 0.5) is 5.82 Å². The Bertz CT molecular complexity index is 763. The molecule has 2 aromatic heterocycles. The van der Waals surface area contributed by atoms with Gasteiger partial charge in [-0.25, -0.2) is 14.6 Å². The molecule has 3 rings (SSSR count). The third-order valence-electron chi connectivity index (χ3n) is 3.78. The van der Waals surface area contributed by atoms with Gasteiger partial charge in [-0.1, -0.05) is 19.1 Å². The summed E-state index contributed by atoms with van der Waals surface area (Å²) in [7, 11) is 0. The number of hydrogen-bond acceptors (Lipinski definition) is 4. The molecule has 23 heavy (non-hydrogen) atoms. The second-order valence-electron chi connectivity index (χ2n) is 5.55. The van der Waals surface area contributed by atoms with Gasteiger partial charge in [0.25, 0.3) is 0 Å². The van der Waals surface area contributed by atoms with Crippen LogP contribution in [0.2, 0.25) is 0 Å². The van der Waals surface area contributed by atoms with Crippen molar-refractivity contribution in [2.45, 2.75) is 33.2 Å². The fraction of sp³-hybridized carbons (Fsp3) is 0.278. The first-order chi connectivity index (χ1) is 11.2. The van der Waals surface area contributed by atoms with Crippen molar-refractivity contribution in [1.29, 1.82) is 0 Å². The van der Waals surface area contributed by atoms with E-state index in [-0.39, 0.29) is 6.04 Å². The highest BCUT2D eigenvalue weighted by Gasteiger charge is 2.08. The van der Waals surface area contributed by atoms with Crippen LogP contribution < -0.4 is 5.32 Å². The Balaban J connectivity index is 1.75. The average molecular weight is 307 g/mol. The van der Waals surface area contributed by atoms with E-state index in [1.807, 2.05) is 29.9 Å². The van der Waals surface area contributed by atoms with E-state index in [1.165, 1.54) is 5.56 Å². The van der Waals surface area contributed by atoms with Crippen LogP contribution in [-0.2, 0) is 6.42 Å². The van der Waals surface area contributed by atoms with E-state index in [4.69, 9.17) is 0 Å². The van der Waals surface area contributed by atoms with Crippen LogP contribution in [0.1, 0.15) is 37.0 Å². The summed E-state index contributed by atoms with van der Waals surface area (Å²) in [6.07, 6.45) is 4.62. The molecule has 1 N–H and O–H groups in total. The molecule has 2 heterocycles. The summed E-state index contributed by atoms with van der Waals surface area (Å²) < 4.78 is 1.85. The second kappa shape index (κ2) is 6.60. The molecule has 0 radical (unpaired) electrons. The molecular formula is C18H21N5. The summed E-state index contributed by atoms with van der Waals surface area (Å²) in [6, 6.07) is 12.5. The van der Waals surface area contributed by atoms with Gasteiger partial charge in [-0.05, 0) is 44.0 Å². The number of aryl methyl sites for hydroxylation is 2. The molecule has 118 valence electrons. The maximum absolute atomic E-state index is 4.47. The Hall–Kier alpha value is -2.69. The molecule has 0 fully saturated rings. The van der Waals surface area contributed by atoms with Gasteiger partial charge in [0.15, 0.2) is 0 Å². The van der Waals surface area contributed by atoms with Crippen molar-refractivity contribution in [2.24, 2.45) is 0 Å². The molecule has 0 aliphatic rings. The third-order valence-corrected chi connectivity index (χ3v) is 3.78. The number of rotatable bonds is 5. The first-order valence-electron chi connectivity index (χ1n) is 7.87. The summed E-state index contributed by atoms with van der Waals surface area (Å²) in [5.41, 5.74) is 3.31. The van der Waals surface area contributed by atoms with Crippen molar-refractivity contribution in [2.75, 3.05) is 5.32 Å². The zero-order valence-electron chi connectivity index (χ0n) is 13.7. The van der Waals surface area contributed by atoms with E-state index in [0.29, 0.717) is 0 Å². The Morgan fingerprint density at radius 2 is 1.96 bits per heavy atom. The number of nitrogens with zero attached hydrogens (tertiary/aromatic N) is 4. The molecule has 0 saturated carbocycles. The van der Waals surface area contributed by atoms with Crippen molar-refractivity contribution in [3.8, 4) is 5.69 Å². The van der Waals surface area contributed by atoms with E-state index < -0.39 is 0 Å². The van der Waals surface area contributed by atoms with Crippen molar-refractivity contribution in [3.63, 3.8) is 0 Å². The number of nitrogens with one attached hydrogen (secondary N) is 1. The van der Waals surface area contributed by atoms with Gasteiger partial charge in [-0.2, -0.15) is 5.10 Å². The SMILES string of the molecule is CCc1cc(NC(C)c2ccc(-n3cccn3)cc2)nc(C)n1. The van der Waals surface area contributed by atoms with Crippen LogP contribution in [0.3, 0.4) is 0 Å². The van der Waals surface area contributed by atoms with Crippen LogP contribution in [0.25, 0.3) is 5.69 Å². The van der Waals surface area contributed by atoms with E-state index in [1.54, 1.807) is 6.20 Å². The second-order valence-corrected chi connectivity index (χ2v) is 5.55. The zero-order chi connectivity index (χ0) is 16.2.